The van der Waals surface area contributed by atoms with Gasteiger partial charge in [0.15, 0.2) is 0 Å². The molecule has 4 heterocycles. The number of fused-ring (bicyclic) bond motifs is 2. The second-order valence-electron chi connectivity index (χ2n) is 15.0. The zero-order valence-corrected chi connectivity index (χ0v) is 31.6. The number of aromatic amines is 1. The third-order valence-electron chi connectivity index (χ3n) is 11.4. The molecule has 1 saturated heterocycles. The minimum atomic E-state index is -0.570. The van der Waals surface area contributed by atoms with Crippen LogP contribution in [0.15, 0.2) is 53.6 Å². The number of aliphatic hydroxyl groups excluding tert-OH is 2. The minimum Gasteiger partial charge on any atom is -0.480 e. The lowest BCUT2D eigenvalue weighted by molar-refractivity contribution is 0.304. The molecule has 0 spiro atoms. The largest absolute Gasteiger partial charge is 0.480 e. The predicted molar refractivity (Wildman–Crippen MR) is 209 cm³/mol. The molecule has 2 saturated carbocycles. The number of hydrogen-bond acceptors (Lipinski definition) is 12. The third-order valence-corrected chi connectivity index (χ3v) is 11.4. The molecule has 3 N–H and O–H groups in total. The lowest BCUT2D eigenvalue weighted by Crippen LogP contribution is -2.34. The number of nitrogens with zero attached hydrogens (tertiary/aromatic N) is 8. The van der Waals surface area contributed by atoms with Crippen molar-refractivity contribution in [3.05, 3.63) is 76.5 Å². The highest BCUT2D eigenvalue weighted by Gasteiger charge is 2.48. The van der Waals surface area contributed by atoms with Gasteiger partial charge in [-0.25, -0.2) is 28.7 Å². The van der Waals surface area contributed by atoms with E-state index in [1.807, 2.05) is 42.1 Å². The van der Waals surface area contributed by atoms with Gasteiger partial charge < -0.3 is 34.6 Å². The number of anilines is 3. The Morgan fingerprint density at radius 2 is 1.42 bits per heavy atom. The van der Waals surface area contributed by atoms with E-state index in [4.69, 9.17) is 19.8 Å². The van der Waals surface area contributed by atoms with Gasteiger partial charge in [-0.05, 0) is 74.9 Å². The van der Waals surface area contributed by atoms with Gasteiger partial charge in [0.2, 0.25) is 5.88 Å². The Kier molecular flexibility index (Phi) is 11.1. The maximum atomic E-state index is 13.9. The second-order valence-corrected chi connectivity index (χ2v) is 15.0. The van der Waals surface area contributed by atoms with Crippen molar-refractivity contribution in [2.75, 3.05) is 88.6 Å². The SMILES string of the molecule is CN(CCO)c1ccc2nc(C3(CF)CC3)[nH]c(=O)c2c1.COc1nccnc1C1CCN(c2nc(C3(CF)CC3)nc3ccc(N(C)CCO)cc23)CC1. The average molecular weight is 758 g/mol. The van der Waals surface area contributed by atoms with Gasteiger partial charge in [-0.3, -0.25) is 9.78 Å². The number of aromatic nitrogens is 6. The molecule has 0 bridgehead atoms. The topological polar surface area (TPSA) is 157 Å². The number of rotatable bonds is 13. The summed E-state index contributed by atoms with van der Waals surface area (Å²) in [5.74, 6) is 2.79. The number of halogens is 2. The molecule has 0 unspecified atom stereocenters. The number of methoxy groups -OCH3 is 1. The van der Waals surface area contributed by atoms with E-state index in [1.165, 1.54) is 0 Å². The molecular formula is C40H49F2N9O4. The molecular weight excluding hydrogens is 708 g/mol. The van der Waals surface area contributed by atoms with Gasteiger partial charge in [0.25, 0.3) is 5.56 Å². The van der Waals surface area contributed by atoms with Gasteiger partial charge in [0.1, 0.15) is 36.5 Å². The molecule has 2 aromatic carbocycles. The van der Waals surface area contributed by atoms with E-state index in [0.29, 0.717) is 41.5 Å². The van der Waals surface area contributed by atoms with Crippen LogP contribution in [0.3, 0.4) is 0 Å². The molecule has 13 nitrogen and oxygen atoms in total. The summed E-state index contributed by atoms with van der Waals surface area (Å²) in [6.45, 7) is 1.83. The van der Waals surface area contributed by atoms with Crippen molar-refractivity contribution in [3.8, 4) is 5.88 Å². The number of aliphatic hydroxyl groups is 2. The lowest BCUT2D eigenvalue weighted by Gasteiger charge is -2.34. The molecule has 3 aliphatic rings. The van der Waals surface area contributed by atoms with Crippen molar-refractivity contribution in [1.29, 1.82) is 0 Å². The highest BCUT2D eigenvalue weighted by atomic mass is 19.1. The van der Waals surface area contributed by atoms with Crippen molar-refractivity contribution in [2.45, 2.75) is 55.3 Å². The number of benzene rings is 2. The number of ether oxygens (including phenoxy) is 1. The van der Waals surface area contributed by atoms with Gasteiger partial charge >= 0.3 is 0 Å². The van der Waals surface area contributed by atoms with Crippen LogP contribution in [-0.2, 0) is 10.8 Å². The van der Waals surface area contributed by atoms with Crippen LogP contribution < -0.4 is 25.0 Å². The summed E-state index contributed by atoms with van der Waals surface area (Å²) in [4.78, 5) is 44.1. The van der Waals surface area contributed by atoms with Crippen LogP contribution in [0.1, 0.15) is 61.8 Å². The molecule has 292 valence electrons. The number of alkyl halides is 2. The third kappa shape index (κ3) is 7.77. The fourth-order valence-electron chi connectivity index (χ4n) is 7.28. The molecule has 0 atom stereocenters. The molecule has 55 heavy (non-hydrogen) atoms. The van der Waals surface area contributed by atoms with Gasteiger partial charge in [-0.1, -0.05) is 0 Å². The monoisotopic (exact) mass is 757 g/mol. The van der Waals surface area contributed by atoms with Crippen LogP contribution in [0.4, 0.5) is 26.0 Å². The fourth-order valence-corrected chi connectivity index (χ4v) is 7.28. The first kappa shape index (κ1) is 38.3. The van der Waals surface area contributed by atoms with Crippen LogP contribution in [-0.4, -0.2) is 114 Å². The Morgan fingerprint density at radius 1 is 0.836 bits per heavy atom. The van der Waals surface area contributed by atoms with E-state index >= 15 is 0 Å². The van der Waals surface area contributed by atoms with E-state index in [2.05, 4.69) is 30.9 Å². The smallest absolute Gasteiger partial charge is 0.258 e. The van der Waals surface area contributed by atoms with Crippen molar-refractivity contribution >= 4 is 39.0 Å². The predicted octanol–water partition coefficient (Wildman–Crippen LogP) is 4.59. The molecule has 15 heteroatoms. The standard InChI is InChI=1S/C25H31FN6O2.C15H18FN3O2/c1-31(13-14-33)18-3-4-20-19(15-18)22(30-24(29-20)25(16-26)7-8-25)32-11-5-17(6-12-32)21-23(34-2)28-10-9-27-21;1-19(6-7-20)10-2-3-12-11(8-10)13(21)18-14(17-12)15(9-16)4-5-15/h3-4,9-10,15,17,33H,5-8,11-14,16H2,1-2H3;2-3,8,20H,4-7,9H2,1H3,(H,17,18,21). The Labute approximate surface area is 318 Å². The van der Waals surface area contributed by atoms with Crippen molar-refractivity contribution in [3.63, 3.8) is 0 Å². The minimum absolute atomic E-state index is 0.0428. The summed E-state index contributed by atoms with van der Waals surface area (Å²) in [5.41, 5.74) is 2.80. The van der Waals surface area contributed by atoms with Crippen LogP contribution in [0.5, 0.6) is 5.88 Å². The Morgan fingerprint density at radius 3 is 1.98 bits per heavy atom. The summed E-state index contributed by atoms with van der Waals surface area (Å²) < 4.78 is 32.5. The first-order chi connectivity index (χ1) is 26.7. The number of likely N-dealkylation sites (N-methyl/N-ethyl adjacent to an activating group) is 2. The molecule has 0 radical (unpaired) electrons. The molecule has 2 aliphatic carbocycles. The highest BCUT2D eigenvalue weighted by molar-refractivity contribution is 5.92. The fraction of sp³-hybridized carbons (Fsp3) is 0.500. The van der Waals surface area contributed by atoms with E-state index in [0.717, 1.165) is 85.4 Å². The van der Waals surface area contributed by atoms with E-state index in [1.54, 1.807) is 31.6 Å². The molecule has 5 aromatic rings. The van der Waals surface area contributed by atoms with Gasteiger partial charge in [-0.15, -0.1) is 0 Å². The van der Waals surface area contributed by atoms with Crippen molar-refractivity contribution in [2.24, 2.45) is 0 Å². The van der Waals surface area contributed by atoms with Crippen molar-refractivity contribution in [1.82, 2.24) is 29.9 Å². The Bertz CT molecular complexity index is 2190. The van der Waals surface area contributed by atoms with E-state index in [-0.39, 0.29) is 24.7 Å². The summed E-state index contributed by atoms with van der Waals surface area (Å²) in [5, 5.41) is 19.8. The van der Waals surface area contributed by atoms with E-state index in [9.17, 15) is 18.7 Å². The van der Waals surface area contributed by atoms with Gasteiger partial charge in [0, 0.05) is 75.3 Å². The number of nitrogens with one attached hydrogen (secondary N) is 1. The first-order valence-corrected chi connectivity index (χ1v) is 18.9. The summed E-state index contributed by atoms with van der Waals surface area (Å²) in [6.07, 6.45) is 8.20. The zero-order valence-electron chi connectivity index (χ0n) is 31.6. The molecule has 3 aromatic heterocycles. The molecule has 1 aliphatic heterocycles. The van der Waals surface area contributed by atoms with Crippen molar-refractivity contribution < 1.29 is 23.7 Å². The second kappa shape index (κ2) is 16.0. The van der Waals surface area contributed by atoms with E-state index < -0.39 is 24.2 Å². The quantitative estimate of drug-likeness (QED) is 0.154. The Hall–Kier alpha value is -5.02. The molecule has 8 rings (SSSR count). The lowest BCUT2D eigenvalue weighted by atomic mass is 9.93. The number of H-pyrrole nitrogens is 1. The maximum absolute atomic E-state index is 13.9. The van der Waals surface area contributed by atoms with Gasteiger partial charge in [0.05, 0.1) is 47.6 Å². The molecule has 0 amide bonds. The number of hydrogen-bond donors (Lipinski definition) is 3. The van der Waals surface area contributed by atoms with Crippen LogP contribution >= 0.6 is 0 Å². The first-order valence-electron chi connectivity index (χ1n) is 18.9. The zero-order chi connectivity index (χ0) is 38.7. The Balaban J connectivity index is 0.000000190. The van der Waals surface area contributed by atoms with Gasteiger partial charge in [-0.2, -0.15) is 0 Å². The maximum Gasteiger partial charge on any atom is 0.258 e. The number of piperidine rings is 1. The van der Waals surface area contributed by atoms with Crippen LogP contribution in [0, 0.1) is 0 Å². The highest BCUT2D eigenvalue weighted by Crippen LogP contribution is 2.49. The summed E-state index contributed by atoms with van der Waals surface area (Å²) in [7, 11) is 5.42. The van der Waals surface area contributed by atoms with Crippen LogP contribution in [0.2, 0.25) is 0 Å². The summed E-state index contributed by atoms with van der Waals surface area (Å²) in [6, 6.07) is 11.4. The average Bonchev–Trinajstić information content (AvgIpc) is 4.17. The normalized spacial score (nSPS) is 17.1. The van der Waals surface area contributed by atoms with Crippen LogP contribution in [0.25, 0.3) is 21.8 Å². The molecule has 3 fully saturated rings. The summed E-state index contributed by atoms with van der Waals surface area (Å²) >= 11 is 0.